The summed E-state index contributed by atoms with van der Waals surface area (Å²) in [6.07, 6.45) is 7.85. The molecule has 1 fully saturated rings. The molecule has 0 radical (unpaired) electrons. The molecule has 0 spiro atoms. The SMILES string of the molecule is CCCC1C2CCc3nnn(C(C)C)c3CCC12. The number of hydrogen-bond donors (Lipinski definition) is 0. The van der Waals surface area contributed by atoms with Crippen molar-refractivity contribution in [3.05, 3.63) is 11.4 Å². The van der Waals surface area contributed by atoms with Crippen molar-refractivity contribution < 1.29 is 0 Å². The maximum Gasteiger partial charge on any atom is 0.0859 e. The minimum Gasteiger partial charge on any atom is -0.247 e. The lowest BCUT2D eigenvalue weighted by molar-refractivity contribution is 0.480. The second kappa shape index (κ2) is 4.67. The molecule has 2 aliphatic carbocycles. The van der Waals surface area contributed by atoms with E-state index >= 15 is 0 Å². The fourth-order valence-corrected chi connectivity index (χ4v) is 3.96. The van der Waals surface area contributed by atoms with E-state index in [4.69, 9.17) is 0 Å². The van der Waals surface area contributed by atoms with Gasteiger partial charge in [-0.1, -0.05) is 25.0 Å². The van der Waals surface area contributed by atoms with Gasteiger partial charge in [0.2, 0.25) is 0 Å². The van der Waals surface area contributed by atoms with Crippen LogP contribution in [0.5, 0.6) is 0 Å². The van der Waals surface area contributed by atoms with E-state index in [0.29, 0.717) is 6.04 Å². The Morgan fingerprint density at radius 3 is 2.61 bits per heavy atom. The van der Waals surface area contributed by atoms with Crippen LogP contribution in [0.2, 0.25) is 0 Å². The van der Waals surface area contributed by atoms with E-state index in [9.17, 15) is 0 Å². The van der Waals surface area contributed by atoms with Crippen LogP contribution in [0, 0.1) is 17.8 Å². The second-order valence-corrected chi connectivity index (χ2v) is 6.38. The Kier molecular flexibility index (Phi) is 3.16. The summed E-state index contributed by atoms with van der Waals surface area (Å²) >= 11 is 0. The predicted molar refractivity (Wildman–Crippen MR) is 72.4 cm³/mol. The Morgan fingerprint density at radius 2 is 1.94 bits per heavy atom. The van der Waals surface area contributed by atoms with Gasteiger partial charge in [0.15, 0.2) is 0 Å². The summed E-state index contributed by atoms with van der Waals surface area (Å²) in [5.41, 5.74) is 2.70. The summed E-state index contributed by atoms with van der Waals surface area (Å²) in [5, 5.41) is 8.76. The highest BCUT2D eigenvalue weighted by molar-refractivity contribution is 5.15. The van der Waals surface area contributed by atoms with Crippen LogP contribution in [-0.4, -0.2) is 15.0 Å². The van der Waals surface area contributed by atoms with Gasteiger partial charge in [0.05, 0.1) is 11.4 Å². The zero-order chi connectivity index (χ0) is 12.7. The molecule has 1 heterocycles. The van der Waals surface area contributed by atoms with Gasteiger partial charge in [-0.25, -0.2) is 4.68 Å². The molecule has 2 aliphatic rings. The maximum absolute atomic E-state index is 4.42. The van der Waals surface area contributed by atoms with Crippen LogP contribution in [0.25, 0.3) is 0 Å². The molecule has 3 unspecified atom stereocenters. The summed E-state index contributed by atoms with van der Waals surface area (Å²) in [6, 6.07) is 0.446. The molecule has 0 aliphatic heterocycles. The fourth-order valence-electron chi connectivity index (χ4n) is 3.96. The number of rotatable bonds is 3. The van der Waals surface area contributed by atoms with E-state index in [-0.39, 0.29) is 0 Å². The van der Waals surface area contributed by atoms with Gasteiger partial charge in [0.1, 0.15) is 0 Å². The van der Waals surface area contributed by atoms with Crippen molar-refractivity contribution in [2.45, 2.75) is 65.3 Å². The van der Waals surface area contributed by atoms with Gasteiger partial charge in [-0.3, -0.25) is 0 Å². The van der Waals surface area contributed by atoms with Crippen molar-refractivity contribution in [2.75, 3.05) is 0 Å². The van der Waals surface area contributed by atoms with E-state index in [1.165, 1.54) is 43.5 Å². The van der Waals surface area contributed by atoms with Crippen LogP contribution in [-0.2, 0) is 12.8 Å². The lowest BCUT2D eigenvalue weighted by Gasteiger charge is -2.12. The summed E-state index contributed by atoms with van der Waals surface area (Å²) < 4.78 is 2.15. The normalized spacial score (nSPS) is 30.6. The third kappa shape index (κ3) is 1.98. The van der Waals surface area contributed by atoms with Crippen molar-refractivity contribution in [3.8, 4) is 0 Å². The molecule has 3 atom stereocenters. The molecular weight excluding hydrogens is 222 g/mol. The van der Waals surface area contributed by atoms with Crippen molar-refractivity contribution in [1.82, 2.24) is 15.0 Å². The zero-order valence-electron chi connectivity index (χ0n) is 11.9. The number of aryl methyl sites for hydroxylation is 1. The van der Waals surface area contributed by atoms with Gasteiger partial charge < -0.3 is 0 Å². The molecule has 1 aromatic heterocycles. The zero-order valence-corrected chi connectivity index (χ0v) is 11.9. The maximum atomic E-state index is 4.42. The molecule has 100 valence electrons. The Balaban J connectivity index is 1.75. The summed E-state index contributed by atoms with van der Waals surface area (Å²) in [7, 11) is 0. The highest BCUT2D eigenvalue weighted by Gasteiger charge is 2.48. The molecule has 1 aromatic rings. The van der Waals surface area contributed by atoms with Crippen LogP contribution in [0.1, 0.15) is 63.9 Å². The Labute approximate surface area is 110 Å². The van der Waals surface area contributed by atoms with Crippen molar-refractivity contribution in [3.63, 3.8) is 0 Å². The average molecular weight is 247 g/mol. The highest BCUT2D eigenvalue weighted by atomic mass is 15.4. The minimum absolute atomic E-state index is 0.446. The number of hydrogen-bond acceptors (Lipinski definition) is 2. The third-order valence-corrected chi connectivity index (χ3v) is 4.92. The molecule has 0 bridgehead atoms. The summed E-state index contributed by atoms with van der Waals surface area (Å²) in [5.74, 6) is 3.04. The summed E-state index contributed by atoms with van der Waals surface area (Å²) in [4.78, 5) is 0. The van der Waals surface area contributed by atoms with Gasteiger partial charge in [-0.15, -0.1) is 5.10 Å². The van der Waals surface area contributed by atoms with Crippen LogP contribution in [0.3, 0.4) is 0 Å². The minimum atomic E-state index is 0.446. The van der Waals surface area contributed by atoms with Crippen LogP contribution >= 0.6 is 0 Å². The van der Waals surface area contributed by atoms with E-state index in [1.54, 1.807) is 0 Å². The first-order valence-electron chi connectivity index (χ1n) is 7.65. The van der Waals surface area contributed by atoms with E-state index < -0.39 is 0 Å². The fraction of sp³-hybridized carbons (Fsp3) is 0.867. The lowest BCUT2D eigenvalue weighted by Crippen LogP contribution is -2.10. The monoisotopic (exact) mass is 247 g/mol. The Morgan fingerprint density at radius 1 is 1.22 bits per heavy atom. The molecule has 3 heteroatoms. The Hall–Kier alpha value is -0.860. The quantitative estimate of drug-likeness (QED) is 0.819. The topological polar surface area (TPSA) is 30.7 Å². The molecule has 0 aromatic carbocycles. The van der Waals surface area contributed by atoms with Gasteiger partial charge >= 0.3 is 0 Å². The molecule has 0 N–H and O–H groups in total. The van der Waals surface area contributed by atoms with Gasteiger partial charge in [-0.05, 0) is 57.3 Å². The smallest absolute Gasteiger partial charge is 0.0859 e. The first kappa shape index (κ1) is 12.2. The van der Waals surface area contributed by atoms with E-state index in [2.05, 4.69) is 35.8 Å². The summed E-state index contributed by atoms with van der Waals surface area (Å²) in [6.45, 7) is 6.72. The molecule has 1 saturated carbocycles. The van der Waals surface area contributed by atoms with Gasteiger partial charge in [0.25, 0.3) is 0 Å². The highest BCUT2D eigenvalue weighted by Crippen LogP contribution is 2.55. The molecular formula is C15H25N3. The Bertz CT molecular complexity index is 421. The van der Waals surface area contributed by atoms with Gasteiger partial charge in [-0.2, -0.15) is 0 Å². The second-order valence-electron chi connectivity index (χ2n) is 6.38. The standard InChI is InChI=1S/C15H25N3/c1-4-5-11-12-6-8-14-15(9-7-13(11)12)18(10(2)3)17-16-14/h10-13H,4-9H2,1-3H3. The van der Waals surface area contributed by atoms with Crippen LogP contribution in [0.15, 0.2) is 0 Å². The first-order chi connectivity index (χ1) is 8.72. The van der Waals surface area contributed by atoms with Gasteiger partial charge in [0, 0.05) is 6.04 Å². The van der Waals surface area contributed by atoms with Crippen LogP contribution in [0.4, 0.5) is 0 Å². The van der Waals surface area contributed by atoms with E-state index in [0.717, 1.165) is 24.2 Å². The first-order valence-corrected chi connectivity index (χ1v) is 7.65. The number of fused-ring (bicyclic) bond motifs is 2. The average Bonchev–Trinajstić information content (AvgIpc) is 2.79. The third-order valence-electron chi connectivity index (χ3n) is 4.92. The largest absolute Gasteiger partial charge is 0.247 e. The van der Waals surface area contributed by atoms with Crippen LogP contribution < -0.4 is 0 Å². The lowest BCUT2D eigenvalue weighted by atomic mass is 10.0. The molecule has 0 amide bonds. The molecule has 0 saturated heterocycles. The number of nitrogens with zero attached hydrogens (tertiary/aromatic N) is 3. The molecule has 3 rings (SSSR count). The van der Waals surface area contributed by atoms with Crippen molar-refractivity contribution in [2.24, 2.45) is 17.8 Å². The molecule has 18 heavy (non-hydrogen) atoms. The molecule has 3 nitrogen and oxygen atoms in total. The van der Waals surface area contributed by atoms with Crippen molar-refractivity contribution >= 4 is 0 Å². The van der Waals surface area contributed by atoms with Crippen molar-refractivity contribution in [1.29, 1.82) is 0 Å². The predicted octanol–water partition coefficient (Wildman–Crippen LogP) is 3.40. The number of aromatic nitrogens is 3. The van der Waals surface area contributed by atoms with E-state index in [1.807, 2.05) is 0 Å².